The summed E-state index contributed by atoms with van der Waals surface area (Å²) in [6.45, 7) is 2.40. The van der Waals surface area contributed by atoms with Crippen LogP contribution in [0.2, 0.25) is 0 Å². The predicted octanol–water partition coefficient (Wildman–Crippen LogP) is 2.76. The Morgan fingerprint density at radius 3 is 2.75 bits per heavy atom. The number of hydrogen-bond acceptors (Lipinski definition) is 6. The summed E-state index contributed by atoms with van der Waals surface area (Å²) >= 11 is 0. The van der Waals surface area contributed by atoms with E-state index >= 15 is 0 Å². The number of aromatic nitrogens is 1. The lowest BCUT2D eigenvalue weighted by molar-refractivity contribution is -0.384. The fourth-order valence-electron chi connectivity index (χ4n) is 1.58. The van der Waals surface area contributed by atoms with Gasteiger partial charge in [0, 0.05) is 6.07 Å². The van der Waals surface area contributed by atoms with Crippen molar-refractivity contribution in [3.05, 3.63) is 46.5 Å². The molecule has 2 N–H and O–H groups in total. The van der Waals surface area contributed by atoms with Crippen LogP contribution in [-0.2, 0) is 0 Å². The lowest BCUT2D eigenvalue weighted by Gasteiger charge is -2.07. The van der Waals surface area contributed by atoms with E-state index in [1.165, 1.54) is 12.1 Å². The second-order valence-corrected chi connectivity index (χ2v) is 3.86. The maximum absolute atomic E-state index is 10.7. The Morgan fingerprint density at radius 2 is 2.05 bits per heavy atom. The molecule has 7 heteroatoms. The van der Waals surface area contributed by atoms with Gasteiger partial charge in [-0.25, -0.2) is 0 Å². The van der Waals surface area contributed by atoms with Crippen molar-refractivity contribution in [2.75, 3.05) is 12.3 Å². The molecule has 2 aromatic rings. The van der Waals surface area contributed by atoms with E-state index in [0.29, 0.717) is 18.1 Å². The first kappa shape index (κ1) is 13.6. The number of nitro groups is 1. The minimum atomic E-state index is -0.554. The summed E-state index contributed by atoms with van der Waals surface area (Å²) in [6, 6.07) is 9.28. The maximum atomic E-state index is 10.7. The molecular weight excluding hydrogens is 262 g/mol. The van der Waals surface area contributed by atoms with Gasteiger partial charge in [0.25, 0.3) is 5.69 Å². The topological polar surface area (TPSA) is 101 Å². The Bertz CT molecular complexity index is 631. The van der Waals surface area contributed by atoms with Gasteiger partial charge in [0.15, 0.2) is 0 Å². The molecule has 0 amide bonds. The smallest absolute Gasteiger partial charge is 0.278 e. The van der Waals surface area contributed by atoms with E-state index in [1.807, 2.05) is 6.92 Å². The Kier molecular flexibility index (Phi) is 3.99. The van der Waals surface area contributed by atoms with Crippen molar-refractivity contribution in [1.29, 1.82) is 0 Å². The van der Waals surface area contributed by atoms with Crippen LogP contribution < -0.4 is 15.2 Å². The van der Waals surface area contributed by atoms with Crippen molar-refractivity contribution in [2.45, 2.75) is 6.92 Å². The third-order valence-electron chi connectivity index (χ3n) is 2.36. The van der Waals surface area contributed by atoms with Gasteiger partial charge in [-0.3, -0.25) is 10.1 Å². The number of rotatable bonds is 5. The van der Waals surface area contributed by atoms with Crippen molar-refractivity contribution < 1.29 is 14.4 Å². The lowest BCUT2D eigenvalue weighted by atomic mass is 10.3. The molecule has 104 valence electrons. The van der Waals surface area contributed by atoms with Gasteiger partial charge in [0.1, 0.15) is 17.3 Å². The van der Waals surface area contributed by atoms with Crippen molar-refractivity contribution in [3.63, 3.8) is 0 Å². The molecule has 2 rings (SSSR count). The lowest BCUT2D eigenvalue weighted by Crippen LogP contribution is -1.97. The van der Waals surface area contributed by atoms with Crippen molar-refractivity contribution in [3.8, 4) is 17.4 Å². The SMILES string of the molecule is CCOc1cccc(Oc2cc([N+](=O)[O-])cc(N)n2)c1. The molecule has 0 aliphatic rings. The molecule has 0 radical (unpaired) electrons. The molecule has 1 aromatic heterocycles. The van der Waals surface area contributed by atoms with Gasteiger partial charge in [-0.1, -0.05) is 6.07 Å². The molecule has 0 bridgehead atoms. The molecule has 0 fully saturated rings. The Labute approximate surface area is 115 Å². The third-order valence-corrected chi connectivity index (χ3v) is 2.36. The van der Waals surface area contributed by atoms with Crippen LogP contribution in [0.25, 0.3) is 0 Å². The maximum Gasteiger partial charge on any atom is 0.278 e. The average Bonchev–Trinajstić information content (AvgIpc) is 2.38. The second-order valence-electron chi connectivity index (χ2n) is 3.86. The highest BCUT2D eigenvalue weighted by molar-refractivity contribution is 5.46. The summed E-state index contributed by atoms with van der Waals surface area (Å²) in [5.41, 5.74) is 5.34. The monoisotopic (exact) mass is 275 g/mol. The number of anilines is 1. The minimum Gasteiger partial charge on any atom is -0.494 e. The van der Waals surface area contributed by atoms with Crippen LogP contribution >= 0.6 is 0 Å². The molecule has 0 aliphatic heterocycles. The molecule has 0 saturated heterocycles. The van der Waals surface area contributed by atoms with Crippen LogP contribution in [0, 0.1) is 10.1 Å². The molecule has 0 saturated carbocycles. The normalized spacial score (nSPS) is 10.1. The Balaban J connectivity index is 2.25. The van der Waals surface area contributed by atoms with E-state index in [4.69, 9.17) is 15.2 Å². The molecular formula is C13H13N3O4. The molecule has 0 unspecified atom stereocenters. The van der Waals surface area contributed by atoms with E-state index < -0.39 is 4.92 Å². The van der Waals surface area contributed by atoms with E-state index in [9.17, 15) is 10.1 Å². The molecule has 1 heterocycles. The van der Waals surface area contributed by atoms with Crippen LogP contribution in [0.1, 0.15) is 6.92 Å². The fourth-order valence-corrected chi connectivity index (χ4v) is 1.58. The van der Waals surface area contributed by atoms with Crippen molar-refractivity contribution in [2.24, 2.45) is 0 Å². The Hall–Kier alpha value is -2.83. The van der Waals surface area contributed by atoms with E-state index in [1.54, 1.807) is 24.3 Å². The molecule has 0 atom stereocenters. The number of nitrogens with zero attached hydrogens (tertiary/aromatic N) is 2. The minimum absolute atomic E-state index is 0.0233. The highest BCUT2D eigenvalue weighted by atomic mass is 16.6. The number of hydrogen-bond donors (Lipinski definition) is 1. The van der Waals surface area contributed by atoms with Gasteiger partial charge >= 0.3 is 0 Å². The standard InChI is InChI=1S/C13H13N3O4/c1-2-19-10-4-3-5-11(8-10)20-13-7-9(16(17)18)6-12(14)15-13/h3-8H,2H2,1H3,(H2,14,15). The van der Waals surface area contributed by atoms with Crippen molar-refractivity contribution >= 4 is 11.5 Å². The first-order valence-corrected chi connectivity index (χ1v) is 5.91. The zero-order chi connectivity index (χ0) is 14.5. The zero-order valence-electron chi connectivity index (χ0n) is 10.8. The molecule has 0 spiro atoms. The van der Waals surface area contributed by atoms with Gasteiger partial charge in [-0.05, 0) is 19.1 Å². The summed E-state index contributed by atoms with van der Waals surface area (Å²) < 4.78 is 10.8. The zero-order valence-corrected chi connectivity index (χ0v) is 10.8. The largest absolute Gasteiger partial charge is 0.494 e. The van der Waals surface area contributed by atoms with Crippen LogP contribution in [0.4, 0.5) is 11.5 Å². The number of nitrogens with two attached hydrogens (primary N) is 1. The van der Waals surface area contributed by atoms with Crippen LogP contribution in [0.5, 0.6) is 17.4 Å². The Morgan fingerprint density at radius 1 is 1.30 bits per heavy atom. The molecule has 0 aliphatic carbocycles. The van der Waals surface area contributed by atoms with E-state index in [-0.39, 0.29) is 17.4 Å². The number of pyridine rings is 1. The summed E-state index contributed by atoms with van der Waals surface area (Å²) in [6.07, 6.45) is 0. The molecule has 20 heavy (non-hydrogen) atoms. The van der Waals surface area contributed by atoms with Gasteiger partial charge < -0.3 is 15.2 Å². The van der Waals surface area contributed by atoms with Crippen LogP contribution in [0.15, 0.2) is 36.4 Å². The van der Waals surface area contributed by atoms with E-state index in [0.717, 1.165) is 0 Å². The van der Waals surface area contributed by atoms with Crippen molar-refractivity contribution in [1.82, 2.24) is 4.98 Å². The van der Waals surface area contributed by atoms with Crippen LogP contribution in [-0.4, -0.2) is 16.5 Å². The highest BCUT2D eigenvalue weighted by Crippen LogP contribution is 2.27. The molecule has 1 aromatic carbocycles. The van der Waals surface area contributed by atoms with Gasteiger partial charge in [0.05, 0.1) is 23.7 Å². The van der Waals surface area contributed by atoms with Gasteiger partial charge in [0.2, 0.25) is 5.88 Å². The molecule has 7 nitrogen and oxygen atoms in total. The predicted molar refractivity (Wildman–Crippen MR) is 73.0 cm³/mol. The quantitative estimate of drug-likeness (QED) is 0.665. The van der Waals surface area contributed by atoms with Gasteiger partial charge in [-0.15, -0.1) is 0 Å². The summed E-state index contributed by atoms with van der Waals surface area (Å²) in [5, 5.41) is 10.7. The first-order chi connectivity index (χ1) is 9.58. The fraction of sp³-hybridized carbons (Fsp3) is 0.154. The first-order valence-electron chi connectivity index (χ1n) is 5.91. The van der Waals surface area contributed by atoms with E-state index in [2.05, 4.69) is 4.98 Å². The highest BCUT2D eigenvalue weighted by Gasteiger charge is 2.11. The number of ether oxygens (including phenoxy) is 2. The average molecular weight is 275 g/mol. The third kappa shape index (κ3) is 3.35. The van der Waals surface area contributed by atoms with Gasteiger partial charge in [-0.2, -0.15) is 4.98 Å². The number of nitrogen functional groups attached to an aromatic ring is 1. The summed E-state index contributed by atoms with van der Waals surface area (Å²) in [7, 11) is 0. The second kappa shape index (κ2) is 5.87. The summed E-state index contributed by atoms with van der Waals surface area (Å²) in [4.78, 5) is 14.1. The van der Waals surface area contributed by atoms with Crippen LogP contribution in [0.3, 0.4) is 0 Å². The number of benzene rings is 1. The summed E-state index contributed by atoms with van der Waals surface area (Å²) in [5.74, 6) is 1.19.